The molecular formula is C20H22N6O4. The van der Waals surface area contributed by atoms with Crippen LogP contribution in [-0.2, 0) is 9.47 Å². The number of hydrogen-bond acceptors (Lipinski definition) is 8. The SMILES string of the molecule is O=C(OC1CC1)N1CCN(c2nc(-c3ccc4cnn(C5COC5)c4c3)no2)CC1. The lowest BCUT2D eigenvalue weighted by Crippen LogP contribution is -2.49. The van der Waals surface area contributed by atoms with Crippen molar-refractivity contribution in [2.24, 2.45) is 0 Å². The van der Waals surface area contributed by atoms with E-state index in [0.717, 1.165) is 29.3 Å². The first-order valence-electron chi connectivity index (χ1n) is 10.3. The summed E-state index contributed by atoms with van der Waals surface area (Å²) in [7, 11) is 0. The summed E-state index contributed by atoms with van der Waals surface area (Å²) in [6.45, 7) is 3.81. The van der Waals surface area contributed by atoms with Crippen LogP contribution in [0.15, 0.2) is 28.9 Å². The van der Waals surface area contributed by atoms with Crippen LogP contribution in [0, 0.1) is 0 Å². The summed E-state index contributed by atoms with van der Waals surface area (Å²) in [6.07, 6.45) is 3.74. The Balaban J connectivity index is 1.16. The van der Waals surface area contributed by atoms with Crippen molar-refractivity contribution in [1.82, 2.24) is 24.8 Å². The van der Waals surface area contributed by atoms with Crippen LogP contribution < -0.4 is 4.90 Å². The lowest BCUT2D eigenvalue weighted by molar-refractivity contribution is -0.0266. The normalized spacial score (nSPS) is 19.9. The van der Waals surface area contributed by atoms with Gasteiger partial charge in [0, 0.05) is 37.1 Å². The van der Waals surface area contributed by atoms with Gasteiger partial charge >= 0.3 is 12.1 Å². The van der Waals surface area contributed by atoms with Crippen LogP contribution in [0.2, 0.25) is 0 Å². The van der Waals surface area contributed by atoms with E-state index in [-0.39, 0.29) is 18.2 Å². The van der Waals surface area contributed by atoms with Crippen LogP contribution in [0.5, 0.6) is 0 Å². The number of nitrogens with zero attached hydrogens (tertiary/aromatic N) is 6. The molecule has 1 saturated carbocycles. The number of piperazine rings is 1. The van der Waals surface area contributed by atoms with E-state index >= 15 is 0 Å². The van der Waals surface area contributed by atoms with Gasteiger partial charge in [-0.25, -0.2) is 4.79 Å². The molecule has 3 fully saturated rings. The summed E-state index contributed by atoms with van der Waals surface area (Å²) in [5.74, 6) is 0.542. The summed E-state index contributed by atoms with van der Waals surface area (Å²) in [4.78, 5) is 20.4. The number of ether oxygens (including phenoxy) is 2. The standard InChI is InChI=1S/C20H22N6O4/c27-20(29-16-3-4-16)25-7-5-24(6-8-25)19-22-18(23-30-19)13-1-2-14-10-21-26(17(14)9-13)15-11-28-12-15/h1-2,9-10,15-16H,3-8,11-12H2. The van der Waals surface area contributed by atoms with Gasteiger partial charge in [-0.05, 0) is 18.9 Å². The van der Waals surface area contributed by atoms with Crippen LogP contribution in [-0.4, -0.2) is 76.4 Å². The van der Waals surface area contributed by atoms with Crippen molar-refractivity contribution in [2.45, 2.75) is 25.0 Å². The van der Waals surface area contributed by atoms with Crippen molar-refractivity contribution in [3.05, 3.63) is 24.4 Å². The van der Waals surface area contributed by atoms with Gasteiger partial charge in [-0.15, -0.1) is 0 Å². The second-order valence-corrected chi connectivity index (χ2v) is 8.01. The number of anilines is 1. The Bertz CT molecular complexity index is 1080. The monoisotopic (exact) mass is 410 g/mol. The van der Waals surface area contributed by atoms with Gasteiger partial charge in [0.1, 0.15) is 6.10 Å². The molecule has 2 aliphatic heterocycles. The zero-order valence-electron chi connectivity index (χ0n) is 16.4. The lowest BCUT2D eigenvalue weighted by atomic mass is 10.1. The fourth-order valence-electron chi connectivity index (χ4n) is 3.78. The quantitative estimate of drug-likeness (QED) is 0.645. The number of rotatable bonds is 4. The molecule has 10 heteroatoms. The van der Waals surface area contributed by atoms with Crippen molar-refractivity contribution in [3.8, 4) is 11.4 Å². The van der Waals surface area contributed by atoms with Crippen LogP contribution in [0.4, 0.5) is 10.8 Å². The van der Waals surface area contributed by atoms with E-state index in [1.165, 1.54) is 0 Å². The van der Waals surface area contributed by atoms with Crippen molar-refractivity contribution < 1.29 is 18.8 Å². The number of hydrogen-bond donors (Lipinski definition) is 0. The average molecular weight is 410 g/mol. The fraction of sp³-hybridized carbons (Fsp3) is 0.500. The molecule has 1 amide bonds. The minimum atomic E-state index is -0.217. The highest BCUT2D eigenvalue weighted by Gasteiger charge is 2.31. The molecule has 1 aromatic carbocycles. The number of carbonyl (C=O) groups is 1. The summed E-state index contributed by atoms with van der Waals surface area (Å²) < 4.78 is 18.2. The molecule has 0 spiro atoms. The smallest absolute Gasteiger partial charge is 0.410 e. The van der Waals surface area contributed by atoms with Gasteiger partial charge in [-0.1, -0.05) is 17.3 Å². The maximum absolute atomic E-state index is 12.1. The highest BCUT2D eigenvalue weighted by atomic mass is 16.6. The molecule has 4 heterocycles. The van der Waals surface area contributed by atoms with Crippen molar-refractivity contribution in [2.75, 3.05) is 44.3 Å². The molecule has 3 aliphatic rings. The van der Waals surface area contributed by atoms with Gasteiger partial charge in [-0.3, -0.25) is 4.68 Å². The molecule has 3 aromatic rings. The minimum Gasteiger partial charge on any atom is -0.446 e. The van der Waals surface area contributed by atoms with Gasteiger partial charge in [-0.2, -0.15) is 10.1 Å². The summed E-state index contributed by atoms with van der Waals surface area (Å²) in [6, 6.07) is 6.80. The minimum absolute atomic E-state index is 0.125. The molecule has 6 rings (SSSR count). The molecule has 30 heavy (non-hydrogen) atoms. The van der Waals surface area contributed by atoms with E-state index in [4.69, 9.17) is 14.0 Å². The molecule has 2 aromatic heterocycles. The van der Waals surface area contributed by atoms with Gasteiger partial charge in [0.2, 0.25) is 5.82 Å². The van der Waals surface area contributed by atoms with Gasteiger partial charge in [0.05, 0.1) is 31.0 Å². The molecule has 0 radical (unpaired) electrons. The Morgan fingerprint density at radius 1 is 1.13 bits per heavy atom. The Kier molecular flexibility index (Phi) is 4.12. The fourth-order valence-corrected chi connectivity index (χ4v) is 3.78. The second-order valence-electron chi connectivity index (χ2n) is 8.01. The summed E-state index contributed by atoms with van der Waals surface area (Å²) in [5.41, 5.74) is 1.92. The van der Waals surface area contributed by atoms with Crippen molar-refractivity contribution in [1.29, 1.82) is 0 Å². The molecular weight excluding hydrogens is 388 g/mol. The summed E-state index contributed by atoms with van der Waals surface area (Å²) in [5, 5.41) is 9.74. The number of amides is 1. The Hall–Kier alpha value is -3.14. The maximum atomic E-state index is 12.1. The number of benzene rings is 1. The molecule has 0 unspecified atom stereocenters. The van der Waals surface area contributed by atoms with Crippen LogP contribution >= 0.6 is 0 Å². The zero-order chi connectivity index (χ0) is 20.1. The molecule has 0 atom stereocenters. The molecule has 2 saturated heterocycles. The molecule has 1 aliphatic carbocycles. The number of carbonyl (C=O) groups excluding carboxylic acids is 1. The van der Waals surface area contributed by atoms with Crippen molar-refractivity contribution >= 4 is 23.0 Å². The van der Waals surface area contributed by atoms with E-state index in [1.54, 1.807) is 4.90 Å². The highest BCUT2D eigenvalue weighted by molar-refractivity contribution is 5.83. The predicted molar refractivity (Wildman–Crippen MR) is 106 cm³/mol. The van der Waals surface area contributed by atoms with E-state index in [1.807, 2.05) is 34.0 Å². The summed E-state index contributed by atoms with van der Waals surface area (Å²) >= 11 is 0. The van der Waals surface area contributed by atoms with E-state index < -0.39 is 0 Å². The second kappa shape index (κ2) is 6.98. The van der Waals surface area contributed by atoms with Crippen LogP contribution in [0.25, 0.3) is 22.3 Å². The Morgan fingerprint density at radius 2 is 1.97 bits per heavy atom. The number of aromatic nitrogens is 4. The predicted octanol–water partition coefficient (Wildman–Crippen LogP) is 2.08. The Morgan fingerprint density at radius 3 is 2.70 bits per heavy atom. The lowest BCUT2D eigenvalue weighted by Gasteiger charge is -2.32. The van der Waals surface area contributed by atoms with Gasteiger partial charge < -0.3 is 23.8 Å². The topological polar surface area (TPSA) is 98.8 Å². The first kappa shape index (κ1) is 17.7. The van der Waals surface area contributed by atoms with E-state index in [0.29, 0.717) is 51.2 Å². The van der Waals surface area contributed by atoms with E-state index in [2.05, 4.69) is 15.2 Å². The third kappa shape index (κ3) is 3.17. The first-order valence-corrected chi connectivity index (χ1v) is 10.3. The van der Waals surface area contributed by atoms with Gasteiger partial charge in [0.15, 0.2) is 0 Å². The largest absolute Gasteiger partial charge is 0.446 e. The van der Waals surface area contributed by atoms with E-state index in [9.17, 15) is 4.79 Å². The third-order valence-corrected chi connectivity index (χ3v) is 5.84. The number of fused-ring (bicyclic) bond motifs is 1. The molecule has 10 nitrogen and oxygen atoms in total. The molecule has 156 valence electrons. The first-order chi connectivity index (χ1) is 14.7. The van der Waals surface area contributed by atoms with Crippen LogP contribution in [0.1, 0.15) is 18.9 Å². The third-order valence-electron chi connectivity index (χ3n) is 5.84. The zero-order valence-corrected chi connectivity index (χ0v) is 16.4. The average Bonchev–Trinajstić information content (AvgIpc) is 3.25. The van der Waals surface area contributed by atoms with Crippen LogP contribution in [0.3, 0.4) is 0 Å². The Labute approximate surface area is 172 Å². The maximum Gasteiger partial charge on any atom is 0.410 e. The molecule has 0 N–H and O–H groups in total. The van der Waals surface area contributed by atoms with Crippen molar-refractivity contribution in [3.63, 3.8) is 0 Å². The highest BCUT2D eigenvalue weighted by Crippen LogP contribution is 2.28. The van der Waals surface area contributed by atoms with Gasteiger partial charge in [0.25, 0.3) is 0 Å². The molecule has 0 bridgehead atoms.